The Labute approximate surface area is 182 Å². The highest BCUT2D eigenvalue weighted by Crippen LogP contribution is 2.31. The van der Waals surface area contributed by atoms with E-state index in [1.807, 2.05) is 0 Å². The second-order valence-electron chi connectivity index (χ2n) is 7.96. The highest BCUT2D eigenvalue weighted by atomic mass is 32.2. The Morgan fingerprint density at radius 2 is 1.65 bits per heavy atom. The number of nitro benzene ring substituents is 1. The molecule has 0 saturated carbocycles. The summed E-state index contributed by atoms with van der Waals surface area (Å²) in [4.78, 5) is 15.0. The molecule has 2 saturated heterocycles. The average Bonchev–Trinajstić information content (AvgIpc) is 2.79. The number of nitro groups is 1. The minimum atomic E-state index is -3.96. The normalized spacial score (nSPS) is 22.4. The van der Waals surface area contributed by atoms with E-state index in [2.05, 4.69) is 4.84 Å². The van der Waals surface area contributed by atoms with Crippen molar-refractivity contribution in [3.8, 4) is 5.75 Å². The van der Waals surface area contributed by atoms with Gasteiger partial charge in [0.05, 0.1) is 22.0 Å². The van der Waals surface area contributed by atoms with E-state index < -0.39 is 20.6 Å². The van der Waals surface area contributed by atoms with Crippen LogP contribution in [0, 0.1) is 10.1 Å². The third-order valence-corrected chi connectivity index (χ3v) is 7.74. The van der Waals surface area contributed by atoms with Gasteiger partial charge >= 0.3 is 5.69 Å². The smallest absolute Gasteiger partial charge is 0.314 e. The lowest BCUT2D eigenvalue weighted by Crippen LogP contribution is -2.37. The van der Waals surface area contributed by atoms with Crippen LogP contribution in [-0.2, 0) is 19.5 Å². The molecule has 0 bridgehead atoms. The average molecular weight is 458 g/mol. The molecule has 2 aliphatic rings. The van der Waals surface area contributed by atoms with E-state index in [1.54, 1.807) is 0 Å². The predicted octanol–water partition coefficient (Wildman–Crippen LogP) is 2.76. The Balaban J connectivity index is 1.79. The third-order valence-electron chi connectivity index (χ3n) is 5.84. The highest BCUT2D eigenvalue weighted by Gasteiger charge is 2.30. The monoisotopic (exact) mass is 457 g/mol. The Hall–Kier alpha value is -1.79. The van der Waals surface area contributed by atoms with Crippen LogP contribution in [0.1, 0.15) is 51.4 Å². The van der Waals surface area contributed by atoms with Crippen molar-refractivity contribution in [3.05, 3.63) is 28.3 Å². The molecule has 2 heterocycles. The topological polar surface area (TPSA) is 134 Å². The molecule has 2 unspecified atom stereocenters. The van der Waals surface area contributed by atoms with Gasteiger partial charge in [-0.25, -0.2) is 8.42 Å². The van der Waals surface area contributed by atoms with Crippen LogP contribution in [0.15, 0.2) is 23.1 Å². The first-order chi connectivity index (χ1) is 14.9. The first kappa shape index (κ1) is 23.9. The summed E-state index contributed by atoms with van der Waals surface area (Å²) in [6, 6.07) is 3.49. The number of ether oxygens (including phenoxy) is 2. The van der Waals surface area contributed by atoms with Crippen LogP contribution in [-0.4, -0.2) is 56.2 Å². The maximum absolute atomic E-state index is 13.4. The van der Waals surface area contributed by atoms with Crippen molar-refractivity contribution >= 4 is 15.7 Å². The van der Waals surface area contributed by atoms with Crippen LogP contribution in [0.5, 0.6) is 5.75 Å². The lowest BCUT2D eigenvalue weighted by atomic mass is 10.1. The molecule has 0 aromatic heterocycles. The first-order valence-electron chi connectivity index (χ1n) is 10.8. The van der Waals surface area contributed by atoms with Crippen LogP contribution in [0.4, 0.5) is 5.69 Å². The third kappa shape index (κ3) is 6.36. The summed E-state index contributed by atoms with van der Waals surface area (Å²) in [5.41, 5.74) is -0.491. The van der Waals surface area contributed by atoms with Gasteiger partial charge in [0, 0.05) is 32.4 Å². The van der Waals surface area contributed by atoms with Crippen molar-refractivity contribution in [3.63, 3.8) is 0 Å². The van der Waals surface area contributed by atoms with Crippen molar-refractivity contribution in [2.75, 3.05) is 26.3 Å². The SMILES string of the molecule is NOc1ccc(S(=O)(=O)N(CCC2CCCCO2)CCC2CCCCO2)cc1[N+](=O)[O-]. The van der Waals surface area contributed by atoms with Gasteiger partial charge in [0.25, 0.3) is 0 Å². The number of benzene rings is 1. The van der Waals surface area contributed by atoms with E-state index in [4.69, 9.17) is 15.4 Å². The van der Waals surface area contributed by atoms with Crippen molar-refractivity contribution in [1.82, 2.24) is 4.31 Å². The number of hydrogen-bond donors (Lipinski definition) is 1. The lowest BCUT2D eigenvalue weighted by molar-refractivity contribution is -0.386. The van der Waals surface area contributed by atoms with Gasteiger partial charge in [-0.3, -0.25) is 10.1 Å². The molecule has 31 heavy (non-hydrogen) atoms. The van der Waals surface area contributed by atoms with E-state index in [0.717, 1.165) is 44.6 Å². The summed E-state index contributed by atoms with van der Waals surface area (Å²) >= 11 is 0. The standard InChI is InChI=1S/C20H31N3O7S/c21-30-20-8-7-18(15-19(20)23(24)25)31(26,27)22(11-9-16-5-1-3-13-28-16)12-10-17-6-2-4-14-29-17/h7-8,15-17H,1-6,9-14,21H2. The molecule has 0 amide bonds. The molecular weight excluding hydrogens is 426 g/mol. The summed E-state index contributed by atoms with van der Waals surface area (Å²) in [5, 5.41) is 11.3. The van der Waals surface area contributed by atoms with Gasteiger partial charge < -0.3 is 14.3 Å². The van der Waals surface area contributed by atoms with Gasteiger partial charge in [-0.1, -0.05) is 0 Å². The van der Waals surface area contributed by atoms with E-state index in [1.165, 1.54) is 16.4 Å². The zero-order chi connectivity index (χ0) is 22.3. The summed E-state index contributed by atoms with van der Waals surface area (Å²) in [6.45, 7) is 1.95. The number of nitrogens with two attached hydrogens (primary N) is 1. The summed E-state index contributed by atoms with van der Waals surface area (Å²) in [6.07, 6.45) is 7.22. The lowest BCUT2D eigenvalue weighted by Gasteiger charge is -2.29. The number of sulfonamides is 1. The van der Waals surface area contributed by atoms with E-state index in [0.29, 0.717) is 26.1 Å². The van der Waals surface area contributed by atoms with Gasteiger partial charge in [-0.15, -0.1) is 0 Å². The van der Waals surface area contributed by atoms with Gasteiger partial charge in [-0.2, -0.15) is 10.2 Å². The molecule has 1 aromatic rings. The van der Waals surface area contributed by atoms with Gasteiger partial charge in [-0.05, 0) is 63.5 Å². The molecule has 0 radical (unpaired) electrons. The number of nitrogens with zero attached hydrogens (tertiary/aromatic N) is 2. The summed E-state index contributed by atoms with van der Waals surface area (Å²) in [5.74, 6) is 4.88. The maximum Gasteiger partial charge on any atom is 0.314 e. The van der Waals surface area contributed by atoms with Crippen LogP contribution in [0.3, 0.4) is 0 Å². The molecular formula is C20H31N3O7S. The Bertz CT molecular complexity index is 815. The fourth-order valence-corrected chi connectivity index (χ4v) is 5.54. The zero-order valence-corrected chi connectivity index (χ0v) is 18.4. The second kappa shape index (κ2) is 11.2. The molecule has 3 rings (SSSR count). The van der Waals surface area contributed by atoms with E-state index in [9.17, 15) is 18.5 Å². The number of rotatable bonds is 10. The summed E-state index contributed by atoms with van der Waals surface area (Å²) < 4.78 is 39.7. The van der Waals surface area contributed by atoms with Crippen molar-refractivity contribution in [2.24, 2.45) is 5.90 Å². The molecule has 2 N–H and O–H groups in total. The molecule has 2 atom stereocenters. The molecule has 174 valence electrons. The first-order valence-corrected chi connectivity index (χ1v) is 12.2. The molecule has 1 aromatic carbocycles. The van der Waals surface area contributed by atoms with E-state index >= 15 is 0 Å². The van der Waals surface area contributed by atoms with Crippen molar-refractivity contribution < 1.29 is 27.7 Å². The zero-order valence-electron chi connectivity index (χ0n) is 17.6. The second-order valence-corrected chi connectivity index (χ2v) is 9.90. The number of hydrogen-bond acceptors (Lipinski definition) is 8. The van der Waals surface area contributed by atoms with Gasteiger partial charge in [0.2, 0.25) is 15.8 Å². The van der Waals surface area contributed by atoms with Crippen LogP contribution >= 0.6 is 0 Å². The van der Waals surface area contributed by atoms with Gasteiger partial charge in [0.1, 0.15) is 0 Å². The highest BCUT2D eigenvalue weighted by molar-refractivity contribution is 7.89. The minimum absolute atomic E-state index is 0.0275. The molecule has 2 fully saturated rings. The van der Waals surface area contributed by atoms with Crippen LogP contribution in [0.25, 0.3) is 0 Å². The fourth-order valence-electron chi connectivity index (χ4n) is 4.05. The van der Waals surface area contributed by atoms with Crippen LogP contribution in [0.2, 0.25) is 0 Å². The maximum atomic E-state index is 13.4. The van der Waals surface area contributed by atoms with Crippen LogP contribution < -0.4 is 10.7 Å². The van der Waals surface area contributed by atoms with Gasteiger partial charge in [0.15, 0.2) is 0 Å². The molecule has 11 heteroatoms. The molecule has 0 aliphatic carbocycles. The van der Waals surface area contributed by atoms with Crippen molar-refractivity contribution in [2.45, 2.75) is 68.5 Å². The Morgan fingerprint density at radius 1 is 1.06 bits per heavy atom. The van der Waals surface area contributed by atoms with Crippen molar-refractivity contribution in [1.29, 1.82) is 0 Å². The molecule has 2 aliphatic heterocycles. The summed E-state index contributed by atoms with van der Waals surface area (Å²) in [7, 11) is -3.96. The largest absolute Gasteiger partial charge is 0.404 e. The Kier molecular flexibility index (Phi) is 8.61. The molecule has 10 nitrogen and oxygen atoms in total. The predicted molar refractivity (Wildman–Crippen MR) is 113 cm³/mol. The molecule has 0 spiro atoms. The minimum Gasteiger partial charge on any atom is -0.404 e. The Morgan fingerprint density at radius 3 is 2.10 bits per heavy atom. The van der Waals surface area contributed by atoms with E-state index in [-0.39, 0.29) is 35.9 Å². The fraction of sp³-hybridized carbons (Fsp3) is 0.700. The quantitative estimate of drug-likeness (QED) is 0.419.